The molecular weight excluding hydrogens is 184 g/mol. The minimum Gasteiger partial charge on any atom is -0.385 e. The smallest absolute Gasteiger partial charge is 0.243 e. The molecular formula is C8H12N4O2. The van der Waals surface area contributed by atoms with Crippen LogP contribution < -0.4 is 5.32 Å². The highest BCUT2D eigenvalue weighted by atomic mass is 16.3. The number of nitrogens with one attached hydrogen (secondary N) is 2. The fourth-order valence-corrected chi connectivity index (χ4v) is 0.819. The molecule has 1 amide bonds. The lowest BCUT2D eigenvalue weighted by molar-refractivity contribution is -0.116. The van der Waals surface area contributed by atoms with Crippen LogP contribution in [0.3, 0.4) is 0 Å². The molecule has 0 saturated carbocycles. The van der Waals surface area contributed by atoms with Crippen molar-refractivity contribution in [1.82, 2.24) is 20.5 Å². The zero-order valence-corrected chi connectivity index (χ0v) is 7.82. The van der Waals surface area contributed by atoms with E-state index in [0.29, 0.717) is 11.6 Å². The zero-order valence-electron chi connectivity index (χ0n) is 7.82. The van der Waals surface area contributed by atoms with Crippen LogP contribution in [0.5, 0.6) is 0 Å². The van der Waals surface area contributed by atoms with Crippen molar-refractivity contribution in [2.75, 3.05) is 0 Å². The summed E-state index contributed by atoms with van der Waals surface area (Å²) in [6.45, 7) is 5.11. The minimum absolute atomic E-state index is 0.241. The fourth-order valence-electron chi connectivity index (χ4n) is 0.819. The molecule has 0 aliphatic heterocycles. The number of carbonyl (C=O) groups excluding carboxylic acids is 1. The topological polar surface area (TPSA) is 90.9 Å². The summed E-state index contributed by atoms with van der Waals surface area (Å²) in [5.74, 6) is 0.531. The van der Waals surface area contributed by atoms with Crippen molar-refractivity contribution in [1.29, 1.82) is 0 Å². The third-order valence-corrected chi connectivity index (χ3v) is 1.54. The third-order valence-electron chi connectivity index (χ3n) is 1.54. The molecule has 3 N–H and O–H groups in total. The summed E-state index contributed by atoms with van der Waals surface area (Å²) in [6.07, 6.45) is 0.460. The van der Waals surface area contributed by atoms with E-state index in [1.54, 1.807) is 6.92 Å². The second-order valence-corrected chi connectivity index (χ2v) is 2.74. The first kappa shape index (κ1) is 10.4. The van der Waals surface area contributed by atoms with Crippen molar-refractivity contribution in [3.63, 3.8) is 0 Å². The van der Waals surface area contributed by atoms with E-state index in [4.69, 9.17) is 5.11 Å². The van der Waals surface area contributed by atoms with Gasteiger partial charge in [0.15, 0.2) is 5.82 Å². The fraction of sp³-hybridized carbons (Fsp3) is 0.375. The monoisotopic (exact) mass is 196 g/mol. The van der Waals surface area contributed by atoms with Gasteiger partial charge in [0.05, 0.1) is 6.54 Å². The summed E-state index contributed by atoms with van der Waals surface area (Å²) in [4.78, 5) is 14.7. The maximum absolute atomic E-state index is 10.8. The molecule has 0 fully saturated rings. The van der Waals surface area contributed by atoms with Gasteiger partial charge in [-0.25, -0.2) is 4.98 Å². The number of amides is 1. The Labute approximate surface area is 81.1 Å². The molecule has 1 atom stereocenters. The third kappa shape index (κ3) is 2.67. The molecule has 1 aromatic heterocycles. The maximum atomic E-state index is 10.8. The molecule has 0 saturated heterocycles. The summed E-state index contributed by atoms with van der Waals surface area (Å²) in [5, 5.41) is 18.0. The van der Waals surface area contributed by atoms with Gasteiger partial charge in [0, 0.05) is 0 Å². The predicted molar refractivity (Wildman–Crippen MR) is 49.1 cm³/mol. The van der Waals surface area contributed by atoms with Crippen LogP contribution in [0.15, 0.2) is 12.7 Å². The molecule has 0 unspecified atom stereocenters. The van der Waals surface area contributed by atoms with E-state index in [1.165, 1.54) is 6.08 Å². The SMILES string of the molecule is C=CC(=O)NCc1nc([C@@H](C)O)n[nH]1. The van der Waals surface area contributed by atoms with Crippen LogP contribution >= 0.6 is 0 Å². The molecule has 1 aromatic rings. The van der Waals surface area contributed by atoms with Crippen molar-refractivity contribution in [2.45, 2.75) is 19.6 Å². The van der Waals surface area contributed by atoms with Crippen LogP contribution in [-0.2, 0) is 11.3 Å². The lowest BCUT2D eigenvalue weighted by atomic mass is 10.4. The highest BCUT2D eigenvalue weighted by Crippen LogP contribution is 2.04. The molecule has 0 radical (unpaired) electrons. The van der Waals surface area contributed by atoms with Crippen LogP contribution in [0.25, 0.3) is 0 Å². The molecule has 76 valence electrons. The molecule has 0 bridgehead atoms. The van der Waals surface area contributed by atoms with Crippen LogP contribution in [0.4, 0.5) is 0 Å². The number of hydrogen-bond acceptors (Lipinski definition) is 4. The number of H-pyrrole nitrogens is 1. The molecule has 6 heteroatoms. The number of rotatable bonds is 4. The van der Waals surface area contributed by atoms with Gasteiger partial charge < -0.3 is 10.4 Å². The predicted octanol–water partition coefficient (Wildman–Crippen LogP) is -0.340. The van der Waals surface area contributed by atoms with Crippen LogP contribution in [0, 0.1) is 0 Å². The summed E-state index contributed by atoms with van der Waals surface area (Å²) in [7, 11) is 0. The van der Waals surface area contributed by atoms with E-state index >= 15 is 0 Å². The molecule has 0 aromatic carbocycles. The first-order chi connectivity index (χ1) is 6.63. The Morgan fingerprint density at radius 3 is 3.07 bits per heavy atom. The number of aromatic amines is 1. The quantitative estimate of drug-likeness (QED) is 0.574. The molecule has 6 nitrogen and oxygen atoms in total. The molecule has 0 aliphatic carbocycles. The summed E-state index contributed by atoms with van der Waals surface area (Å²) >= 11 is 0. The largest absolute Gasteiger partial charge is 0.385 e. The molecule has 0 spiro atoms. The minimum atomic E-state index is -0.713. The van der Waals surface area contributed by atoms with E-state index in [-0.39, 0.29) is 12.5 Å². The second-order valence-electron chi connectivity index (χ2n) is 2.74. The number of carbonyl (C=O) groups is 1. The van der Waals surface area contributed by atoms with E-state index in [1.807, 2.05) is 0 Å². The van der Waals surface area contributed by atoms with Crippen molar-refractivity contribution >= 4 is 5.91 Å². The zero-order chi connectivity index (χ0) is 10.6. The van der Waals surface area contributed by atoms with Crippen LogP contribution in [-0.4, -0.2) is 26.2 Å². The first-order valence-corrected chi connectivity index (χ1v) is 4.13. The van der Waals surface area contributed by atoms with Crippen molar-refractivity contribution in [3.05, 3.63) is 24.3 Å². The Kier molecular flexibility index (Phi) is 3.35. The van der Waals surface area contributed by atoms with Crippen molar-refractivity contribution in [2.24, 2.45) is 0 Å². The van der Waals surface area contributed by atoms with E-state index in [0.717, 1.165) is 0 Å². The Hall–Kier alpha value is -1.69. The Morgan fingerprint density at radius 1 is 1.86 bits per heavy atom. The Morgan fingerprint density at radius 2 is 2.57 bits per heavy atom. The van der Waals surface area contributed by atoms with Crippen LogP contribution in [0.1, 0.15) is 24.7 Å². The first-order valence-electron chi connectivity index (χ1n) is 4.13. The second kappa shape index (κ2) is 4.52. The number of hydrogen-bond donors (Lipinski definition) is 3. The van der Waals surface area contributed by atoms with E-state index in [2.05, 4.69) is 27.1 Å². The van der Waals surface area contributed by atoms with Gasteiger partial charge in [-0.3, -0.25) is 9.89 Å². The van der Waals surface area contributed by atoms with Crippen molar-refractivity contribution in [3.8, 4) is 0 Å². The molecule has 1 rings (SSSR count). The number of nitrogens with zero attached hydrogens (tertiary/aromatic N) is 2. The Balaban J connectivity index is 2.51. The lowest BCUT2D eigenvalue weighted by Gasteiger charge is -1.97. The molecule has 0 aliphatic rings. The average molecular weight is 196 g/mol. The van der Waals surface area contributed by atoms with E-state index < -0.39 is 6.10 Å². The molecule has 1 heterocycles. The summed E-state index contributed by atoms with van der Waals surface area (Å²) in [6, 6.07) is 0. The van der Waals surface area contributed by atoms with Gasteiger partial charge in [-0.05, 0) is 13.0 Å². The standard InChI is InChI=1S/C8H12N4O2/c1-3-7(14)9-4-6-10-8(5(2)13)12-11-6/h3,5,13H,1,4H2,2H3,(H,9,14)(H,10,11,12)/t5-/m1/s1. The van der Waals surface area contributed by atoms with Gasteiger partial charge in [-0.2, -0.15) is 5.10 Å². The van der Waals surface area contributed by atoms with Gasteiger partial charge in [0.2, 0.25) is 5.91 Å². The highest BCUT2D eigenvalue weighted by Gasteiger charge is 2.07. The van der Waals surface area contributed by atoms with Gasteiger partial charge in [0.1, 0.15) is 11.9 Å². The van der Waals surface area contributed by atoms with Crippen LogP contribution in [0.2, 0.25) is 0 Å². The average Bonchev–Trinajstić information content (AvgIpc) is 2.62. The van der Waals surface area contributed by atoms with Gasteiger partial charge in [-0.15, -0.1) is 0 Å². The summed E-state index contributed by atoms with van der Waals surface area (Å²) in [5.41, 5.74) is 0. The maximum Gasteiger partial charge on any atom is 0.243 e. The normalized spacial score (nSPS) is 12.1. The number of aliphatic hydroxyl groups is 1. The van der Waals surface area contributed by atoms with Gasteiger partial charge >= 0.3 is 0 Å². The van der Waals surface area contributed by atoms with Crippen molar-refractivity contribution < 1.29 is 9.90 Å². The van der Waals surface area contributed by atoms with Gasteiger partial charge in [0.25, 0.3) is 0 Å². The van der Waals surface area contributed by atoms with Gasteiger partial charge in [-0.1, -0.05) is 6.58 Å². The summed E-state index contributed by atoms with van der Waals surface area (Å²) < 4.78 is 0. The van der Waals surface area contributed by atoms with E-state index in [9.17, 15) is 4.79 Å². The molecule has 14 heavy (non-hydrogen) atoms. The number of aliphatic hydroxyl groups excluding tert-OH is 1. The Bertz CT molecular complexity index is 332. The lowest BCUT2D eigenvalue weighted by Crippen LogP contribution is -2.20. The highest BCUT2D eigenvalue weighted by molar-refractivity contribution is 5.86. The number of aromatic nitrogens is 3.